The molecule has 1 amide bonds. The number of thioether (sulfide) groups is 1. The van der Waals surface area contributed by atoms with Crippen molar-refractivity contribution in [3.8, 4) is 17.2 Å². The Morgan fingerprint density at radius 2 is 1.72 bits per heavy atom. The lowest BCUT2D eigenvalue weighted by Gasteiger charge is -2.12. The van der Waals surface area contributed by atoms with E-state index in [1.165, 1.54) is 23.9 Å². The molecule has 8 nitrogen and oxygen atoms in total. The van der Waals surface area contributed by atoms with Gasteiger partial charge in [-0.2, -0.15) is 0 Å². The molecular formula is C24H22F3N5O3S. The van der Waals surface area contributed by atoms with Gasteiger partial charge >= 0.3 is 6.36 Å². The topological polar surface area (TPSA) is 83.2 Å². The first kappa shape index (κ1) is 25.2. The zero-order valence-corrected chi connectivity index (χ0v) is 20.1. The van der Waals surface area contributed by atoms with Crippen molar-refractivity contribution in [2.45, 2.75) is 17.9 Å². The molecule has 2 heterocycles. The number of halogens is 3. The van der Waals surface area contributed by atoms with Crippen molar-refractivity contribution in [1.82, 2.24) is 19.3 Å². The summed E-state index contributed by atoms with van der Waals surface area (Å²) in [6.45, 7) is 0. The number of carbonyl (C=O) groups is 1. The fraction of sp³-hybridized carbons (Fsp3) is 0.208. The van der Waals surface area contributed by atoms with Crippen molar-refractivity contribution in [3.05, 3.63) is 78.4 Å². The lowest BCUT2D eigenvalue weighted by Crippen LogP contribution is -2.17. The number of ether oxygens (including phenoxy) is 2. The molecule has 12 heteroatoms. The predicted molar refractivity (Wildman–Crippen MR) is 129 cm³/mol. The number of methoxy groups -OCH3 is 1. The first-order valence-corrected chi connectivity index (χ1v) is 11.7. The molecule has 2 aromatic heterocycles. The Morgan fingerprint density at radius 3 is 2.33 bits per heavy atom. The van der Waals surface area contributed by atoms with Crippen molar-refractivity contribution in [3.63, 3.8) is 0 Å². The van der Waals surface area contributed by atoms with Gasteiger partial charge in [-0.3, -0.25) is 9.36 Å². The minimum Gasteiger partial charge on any atom is -0.497 e. The number of amides is 1. The summed E-state index contributed by atoms with van der Waals surface area (Å²) in [6, 6.07) is 16.3. The van der Waals surface area contributed by atoms with Gasteiger partial charge < -0.3 is 19.4 Å². The maximum atomic E-state index is 12.5. The Morgan fingerprint density at radius 1 is 1.03 bits per heavy atom. The van der Waals surface area contributed by atoms with Gasteiger partial charge in [0.15, 0.2) is 5.16 Å². The maximum absolute atomic E-state index is 12.5. The van der Waals surface area contributed by atoms with E-state index in [-0.39, 0.29) is 17.4 Å². The molecule has 0 aliphatic heterocycles. The summed E-state index contributed by atoms with van der Waals surface area (Å²) in [5, 5.41) is 11.8. The zero-order valence-electron chi connectivity index (χ0n) is 19.3. The molecule has 188 valence electrons. The molecule has 2 aromatic carbocycles. The van der Waals surface area contributed by atoms with Crippen LogP contribution >= 0.6 is 11.8 Å². The van der Waals surface area contributed by atoms with E-state index in [9.17, 15) is 18.0 Å². The first-order chi connectivity index (χ1) is 17.2. The average Bonchev–Trinajstić information content (AvgIpc) is 3.44. The number of nitrogens with zero attached hydrogens (tertiary/aromatic N) is 4. The second kappa shape index (κ2) is 10.8. The van der Waals surface area contributed by atoms with Crippen LogP contribution in [0.3, 0.4) is 0 Å². The largest absolute Gasteiger partial charge is 0.573 e. The maximum Gasteiger partial charge on any atom is 0.573 e. The third-order valence-electron chi connectivity index (χ3n) is 5.13. The third kappa shape index (κ3) is 6.39. The summed E-state index contributed by atoms with van der Waals surface area (Å²) in [5.41, 5.74) is 2.20. The van der Waals surface area contributed by atoms with E-state index in [1.54, 1.807) is 7.11 Å². The molecule has 0 aliphatic rings. The Hall–Kier alpha value is -3.93. The van der Waals surface area contributed by atoms with Crippen molar-refractivity contribution in [2.75, 3.05) is 18.2 Å². The van der Waals surface area contributed by atoms with Crippen LogP contribution in [0.2, 0.25) is 0 Å². The number of hydrogen-bond acceptors (Lipinski definition) is 6. The highest BCUT2D eigenvalue weighted by molar-refractivity contribution is 7.99. The Balaban J connectivity index is 1.48. The van der Waals surface area contributed by atoms with Gasteiger partial charge in [-0.15, -0.1) is 23.4 Å². The highest BCUT2D eigenvalue weighted by Crippen LogP contribution is 2.26. The van der Waals surface area contributed by atoms with Crippen molar-refractivity contribution < 1.29 is 27.4 Å². The van der Waals surface area contributed by atoms with Crippen molar-refractivity contribution in [1.29, 1.82) is 0 Å². The molecule has 0 atom stereocenters. The van der Waals surface area contributed by atoms with Gasteiger partial charge in [0.25, 0.3) is 0 Å². The molecule has 0 radical (unpaired) electrons. The van der Waals surface area contributed by atoms with Crippen LogP contribution in [-0.2, 0) is 18.3 Å². The molecule has 0 saturated carbocycles. The average molecular weight is 518 g/mol. The lowest BCUT2D eigenvalue weighted by atomic mass is 10.2. The molecule has 0 unspecified atom stereocenters. The predicted octanol–water partition coefficient (Wildman–Crippen LogP) is 4.83. The zero-order chi connectivity index (χ0) is 25.7. The molecule has 0 bridgehead atoms. The standard InChI is InChI=1S/C24H22F3N5O3S/c1-31-13-3-4-18(31)14-21-29-30-23(32(21)17-7-11-19(34-2)12-8-17)36-15-22(33)28-16-5-9-20(10-6-16)35-24(25,26)27/h3-13H,14-15H2,1-2H3,(H,28,33). The van der Waals surface area contributed by atoms with Crippen LogP contribution in [0.4, 0.5) is 18.9 Å². The fourth-order valence-electron chi connectivity index (χ4n) is 3.41. The highest BCUT2D eigenvalue weighted by atomic mass is 32.2. The number of aryl methyl sites for hydroxylation is 1. The summed E-state index contributed by atoms with van der Waals surface area (Å²) >= 11 is 1.19. The number of nitrogens with one attached hydrogen (secondary N) is 1. The fourth-order valence-corrected chi connectivity index (χ4v) is 4.18. The first-order valence-electron chi connectivity index (χ1n) is 10.7. The smallest absolute Gasteiger partial charge is 0.497 e. The van der Waals surface area contributed by atoms with E-state index in [1.807, 2.05) is 58.8 Å². The molecule has 4 aromatic rings. The Labute approximate surface area is 209 Å². The Bertz CT molecular complexity index is 1320. The van der Waals surface area contributed by atoms with Gasteiger partial charge in [0.1, 0.15) is 17.3 Å². The summed E-state index contributed by atoms with van der Waals surface area (Å²) in [7, 11) is 3.54. The number of carbonyl (C=O) groups excluding carboxylic acids is 1. The second-order valence-corrected chi connectivity index (χ2v) is 8.57. The van der Waals surface area contributed by atoms with Crippen LogP contribution in [0.5, 0.6) is 11.5 Å². The SMILES string of the molecule is COc1ccc(-n2c(Cc3cccn3C)nnc2SCC(=O)Nc2ccc(OC(F)(F)F)cc2)cc1. The second-order valence-electron chi connectivity index (χ2n) is 7.63. The number of hydrogen-bond donors (Lipinski definition) is 1. The number of anilines is 1. The van der Waals surface area contributed by atoms with Gasteiger partial charge in [0.05, 0.1) is 12.9 Å². The normalized spacial score (nSPS) is 11.4. The van der Waals surface area contributed by atoms with E-state index in [0.717, 1.165) is 23.5 Å². The van der Waals surface area contributed by atoms with E-state index < -0.39 is 6.36 Å². The highest BCUT2D eigenvalue weighted by Gasteiger charge is 2.31. The van der Waals surface area contributed by atoms with Gasteiger partial charge in [-0.05, 0) is 60.7 Å². The summed E-state index contributed by atoms with van der Waals surface area (Å²) in [5.74, 6) is 0.700. The van der Waals surface area contributed by atoms with Crippen molar-refractivity contribution >= 4 is 23.4 Å². The quantitative estimate of drug-likeness (QED) is 0.320. The van der Waals surface area contributed by atoms with Crippen molar-refractivity contribution in [2.24, 2.45) is 7.05 Å². The molecule has 0 saturated heterocycles. The van der Waals surface area contributed by atoms with E-state index in [4.69, 9.17) is 4.74 Å². The molecule has 4 rings (SSSR count). The van der Waals surface area contributed by atoms with Gasteiger partial charge in [0.2, 0.25) is 5.91 Å². The molecule has 0 fully saturated rings. The lowest BCUT2D eigenvalue weighted by molar-refractivity contribution is -0.274. The molecule has 36 heavy (non-hydrogen) atoms. The molecule has 0 spiro atoms. The van der Waals surface area contributed by atoms with Gasteiger partial charge in [-0.1, -0.05) is 11.8 Å². The van der Waals surface area contributed by atoms with Crippen LogP contribution in [0.25, 0.3) is 5.69 Å². The minimum absolute atomic E-state index is 0.0131. The van der Waals surface area contributed by atoms with E-state index >= 15 is 0 Å². The summed E-state index contributed by atoms with van der Waals surface area (Å²) in [6.07, 6.45) is -2.30. The minimum atomic E-state index is -4.78. The number of benzene rings is 2. The Kier molecular flexibility index (Phi) is 7.53. The summed E-state index contributed by atoms with van der Waals surface area (Å²) < 4.78 is 49.9. The number of rotatable bonds is 9. The molecule has 0 aliphatic carbocycles. The molecular weight excluding hydrogens is 495 g/mol. The van der Waals surface area contributed by atoms with E-state index in [2.05, 4.69) is 20.3 Å². The monoisotopic (exact) mass is 517 g/mol. The van der Waals surface area contributed by atoms with Gasteiger partial charge in [0, 0.05) is 36.7 Å². The van der Waals surface area contributed by atoms with E-state index in [0.29, 0.717) is 28.8 Å². The van der Waals surface area contributed by atoms with Crippen LogP contribution in [-0.4, -0.2) is 44.5 Å². The molecule has 1 N–H and O–H groups in total. The number of aromatic nitrogens is 4. The van der Waals surface area contributed by atoms with Crippen LogP contribution in [0.1, 0.15) is 11.5 Å². The van der Waals surface area contributed by atoms with Crippen LogP contribution in [0.15, 0.2) is 72.0 Å². The van der Waals surface area contributed by atoms with Gasteiger partial charge in [-0.25, -0.2) is 0 Å². The third-order valence-corrected chi connectivity index (χ3v) is 6.05. The summed E-state index contributed by atoms with van der Waals surface area (Å²) in [4.78, 5) is 12.5. The van der Waals surface area contributed by atoms with Crippen LogP contribution < -0.4 is 14.8 Å². The van der Waals surface area contributed by atoms with Crippen LogP contribution in [0, 0.1) is 0 Å². The number of alkyl halides is 3.